The van der Waals surface area contributed by atoms with Gasteiger partial charge in [-0.05, 0) is 86.0 Å². The third-order valence-electron chi connectivity index (χ3n) is 8.60. The smallest absolute Gasteiger partial charge is 0.245 e. The molecule has 7 N–H and O–H groups in total. The summed E-state index contributed by atoms with van der Waals surface area (Å²) in [5.74, 6) is -1.14. The van der Waals surface area contributed by atoms with Crippen LogP contribution >= 0.6 is 35.0 Å². The molecule has 2 aromatic heterocycles. The number of primary amides is 1. The summed E-state index contributed by atoms with van der Waals surface area (Å²) in [5, 5.41) is 9.24. The molecule has 13 heteroatoms. The number of para-hydroxylation sites is 1. The predicted molar refractivity (Wildman–Crippen MR) is 202 cm³/mol. The summed E-state index contributed by atoms with van der Waals surface area (Å²) in [6, 6.07) is 12.7. The standard InChI is InChI=1S/C37H47Cl2N7O3S/c1-22(2)16-31(44-20-24-10-9-15-42-36(24)50-33-23(3)17-26(38)19-28(33)39)35(48)45-30(13-7-8-14-40)37(49)46(4)32(34(41)47)18-25-21-43-29-12-6-5-11-27(25)29/h5-6,9-12,15,17,19,21-22,30-32,43-44H,7-8,13-14,16,18,20,40H2,1-4H3,(H2,41,47)(H,45,48)/t30-,31-,32-/m0/s1. The lowest BCUT2D eigenvalue weighted by molar-refractivity contribution is -0.141. The maximum absolute atomic E-state index is 14.0. The van der Waals surface area contributed by atoms with Crippen LogP contribution in [0, 0.1) is 12.8 Å². The number of nitrogens with one attached hydrogen (secondary N) is 3. The first kappa shape index (κ1) is 39.2. The van der Waals surface area contributed by atoms with Crippen molar-refractivity contribution < 1.29 is 14.4 Å². The fourth-order valence-corrected chi connectivity index (χ4v) is 7.58. The number of H-pyrrole nitrogens is 1. The lowest BCUT2D eigenvalue weighted by Crippen LogP contribution is -2.56. The van der Waals surface area contributed by atoms with Crippen LogP contribution in [0.3, 0.4) is 0 Å². The average Bonchev–Trinajstić information content (AvgIpc) is 3.49. The van der Waals surface area contributed by atoms with Gasteiger partial charge in [0.1, 0.15) is 17.1 Å². The van der Waals surface area contributed by atoms with Gasteiger partial charge in [0.05, 0.1) is 11.1 Å². The molecule has 268 valence electrons. The molecule has 0 saturated heterocycles. The van der Waals surface area contributed by atoms with E-state index >= 15 is 0 Å². The van der Waals surface area contributed by atoms with Gasteiger partial charge in [-0.3, -0.25) is 14.4 Å². The van der Waals surface area contributed by atoms with Crippen LogP contribution in [0.5, 0.6) is 0 Å². The van der Waals surface area contributed by atoms with Gasteiger partial charge in [0, 0.05) is 53.2 Å². The van der Waals surface area contributed by atoms with E-state index in [1.165, 1.54) is 16.7 Å². The molecule has 0 fully saturated rings. The second kappa shape index (κ2) is 18.6. The van der Waals surface area contributed by atoms with Crippen molar-refractivity contribution in [2.24, 2.45) is 17.4 Å². The Bertz CT molecular complexity index is 1760. The molecule has 4 aromatic rings. The van der Waals surface area contributed by atoms with Crippen LogP contribution in [0.2, 0.25) is 10.0 Å². The number of aryl methyl sites for hydroxylation is 1. The van der Waals surface area contributed by atoms with E-state index in [2.05, 4.69) is 20.6 Å². The Morgan fingerprint density at radius 3 is 2.50 bits per heavy atom. The minimum absolute atomic E-state index is 0.181. The van der Waals surface area contributed by atoms with Crippen molar-refractivity contribution in [2.45, 2.75) is 87.5 Å². The molecular formula is C37H47Cl2N7O3S. The summed E-state index contributed by atoms with van der Waals surface area (Å²) in [7, 11) is 1.56. The molecule has 0 unspecified atom stereocenters. The Balaban J connectivity index is 1.51. The molecule has 0 aliphatic rings. The van der Waals surface area contributed by atoms with Gasteiger partial charge in [0.25, 0.3) is 0 Å². The molecule has 2 heterocycles. The van der Waals surface area contributed by atoms with Crippen molar-refractivity contribution in [3.8, 4) is 0 Å². The van der Waals surface area contributed by atoms with Gasteiger partial charge in [0.2, 0.25) is 17.7 Å². The zero-order valence-electron chi connectivity index (χ0n) is 29.0. The normalized spacial score (nSPS) is 13.3. The monoisotopic (exact) mass is 739 g/mol. The molecule has 10 nitrogen and oxygen atoms in total. The first-order valence-electron chi connectivity index (χ1n) is 16.8. The molecule has 0 bridgehead atoms. The fourth-order valence-electron chi connectivity index (χ4n) is 5.91. The summed E-state index contributed by atoms with van der Waals surface area (Å²) in [4.78, 5) is 50.8. The number of fused-ring (bicyclic) bond motifs is 1. The van der Waals surface area contributed by atoms with Crippen LogP contribution in [-0.2, 0) is 27.3 Å². The van der Waals surface area contributed by atoms with Crippen LogP contribution in [0.15, 0.2) is 70.8 Å². The van der Waals surface area contributed by atoms with E-state index in [1.54, 1.807) is 19.3 Å². The van der Waals surface area contributed by atoms with E-state index in [0.717, 1.165) is 37.5 Å². The van der Waals surface area contributed by atoms with Gasteiger partial charge in [0.15, 0.2) is 0 Å². The number of aromatic amines is 1. The number of carbonyl (C=O) groups excluding carboxylic acids is 3. The number of likely N-dealkylation sites (N-methyl/N-ethyl adjacent to an activating group) is 1. The minimum atomic E-state index is -0.917. The van der Waals surface area contributed by atoms with E-state index in [1.807, 2.05) is 69.4 Å². The largest absolute Gasteiger partial charge is 0.368 e. The van der Waals surface area contributed by atoms with Crippen molar-refractivity contribution in [2.75, 3.05) is 13.6 Å². The molecule has 50 heavy (non-hydrogen) atoms. The molecular weight excluding hydrogens is 693 g/mol. The quantitative estimate of drug-likeness (QED) is 0.0783. The van der Waals surface area contributed by atoms with Gasteiger partial charge in [-0.1, -0.05) is 73.1 Å². The number of benzene rings is 2. The highest BCUT2D eigenvalue weighted by molar-refractivity contribution is 7.99. The number of unbranched alkanes of at least 4 members (excludes halogenated alkanes) is 1. The number of nitrogens with zero attached hydrogens (tertiary/aromatic N) is 2. The molecule has 0 saturated carbocycles. The molecule has 0 aliphatic heterocycles. The predicted octanol–water partition coefficient (Wildman–Crippen LogP) is 6.00. The highest BCUT2D eigenvalue weighted by Crippen LogP contribution is 2.38. The van der Waals surface area contributed by atoms with Gasteiger partial charge in [-0.15, -0.1) is 0 Å². The number of carbonyl (C=O) groups is 3. The summed E-state index contributed by atoms with van der Waals surface area (Å²) in [6.45, 7) is 6.83. The van der Waals surface area contributed by atoms with Crippen LogP contribution in [0.25, 0.3) is 10.9 Å². The Hall–Kier alpha value is -3.61. The number of aromatic nitrogens is 2. The van der Waals surface area contributed by atoms with Crippen LogP contribution in [-0.4, -0.2) is 64.3 Å². The number of amides is 3. The number of nitrogens with two attached hydrogens (primary N) is 2. The Morgan fingerprint density at radius 1 is 1.04 bits per heavy atom. The Morgan fingerprint density at radius 2 is 1.80 bits per heavy atom. The molecule has 0 spiro atoms. The highest BCUT2D eigenvalue weighted by Gasteiger charge is 2.33. The van der Waals surface area contributed by atoms with Crippen molar-refractivity contribution in [1.82, 2.24) is 25.5 Å². The van der Waals surface area contributed by atoms with Gasteiger partial charge >= 0.3 is 0 Å². The second-order valence-electron chi connectivity index (χ2n) is 12.9. The molecule has 4 rings (SSSR count). The SMILES string of the molecule is Cc1cc(Cl)cc(Cl)c1Sc1ncccc1CN[C@@H](CC(C)C)C(=O)N[C@@H](CCCCN)C(=O)N(C)[C@@H](Cc1c[nH]c2ccccc12)C(N)=O. The van der Waals surface area contributed by atoms with Gasteiger partial charge in [-0.2, -0.15) is 0 Å². The lowest BCUT2D eigenvalue weighted by atomic mass is 10.00. The molecule has 0 radical (unpaired) electrons. The summed E-state index contributed by atoms with van der Waals surface area (Å²) >= 11 is 14.2. The summed E-state index contributed by atoms with van der Waals surface area (Å²) in [5.41, 5.74) is 15.3. The number of halogens is 2. The van der Waals surface area contributed by atoms with Crippen molar-refractivity contribution in [3.05, 3.63) is 87.7 Å². The fraction of sp³-hybridized carbons (Fsp3) is 0.405. The summed E-state index contributed by atoms with van der Waals surface area (Å²) < 4.78 is 0. The number of hydrogen-bond acceptors (Lipinski definition) is 7. The van der Waals surface area contributed by atoms with Crippen molar-refractivity contribution in [3.63, 3.8) is 0 Å². The molecule has 0 aliphatic carbocycles. The maximum atomic E-state index is 14.0. The highest BCUT2D eigenvalue weighted by atomic mass is 35.5. The minimum Gasteiger partial charge on any atom is -0.368 e. The number of pyridine rings is 1. The van der Waals surface area contributed by atoms with Crippen molar-refractivity contribution >= 4 is 63.6 Å². The van der Waals surface area contributed by atoms with Gasteiger partial charge in [-0.25, -0.2) is 4.98 Å². The van der Waals surface area contributed by atoms with E-state index < -0.39 is 24.0 Å². The molecule has 3 atom stereocenters. The van der Waals surface area contributed by atoms with E-state index in [9.17, 15) is 14.4 Å². The molecule has 2 aromatic carbocycles. The van der Waals surface area contributed by atoms with Crippen LogP contribution in [0.1, 0.15) is 56.2 Å². The Kier molecular flexibility index (Phi) is 14.6. The van der Waals surface area contributed by atoms with Gasteiger partial charge < -0.3 is 32.0 Å². The van der Waals surface area contributed by atoms with Crippen molar-refractivity contribution in [1.29, 1.82) is 0 Å². The number of hydrogen-bond donors (Lipinski definition) is 5. The molecule has 3 amide bonds. The second-order valence-corrected chi connectivity index (χ2v) is 14.8. The van der Waals surface area contributed by atoms with Crippen LogP contribution < -0.4 is 22.1 Å². The lowest BCUT2D eigenvalue weighted by Gasteiger charge is -2.31. The van der Waals surface area contributed by atoms with Crippen LogP contribution in [0.4, 0.5) is 0 Å². The zero-order chi connectivity index (χ0) is 36.4. The first-order valence-corrected chi connectivity index (χ1v) is 18.4. The number of rotatable bonds is 18. The Labute approximate surface area is 308 Å². The third kappa shape index (κ3) is 10.5. The third-order valence-corrected chi connectivity index (χ3v) is 10.5. The zero-order valence-corrected chi connectivity index (χ0v) is 31.3. The van der Waals surface area contributed by atoms with E-state index in [-0.39, 0.29) is 24.2 Å². The average molecular weight is 741 g/mol. The first-order chi connectivity index (χ1) is 23.9. The topological polar surface area (TPSA) is 159 Å². The maximum Gasteiger partial charge on any atom is 0.245 e. The van der Waals surface area contributed by atoms with E-state index in [4.69, 9.17) is 34.7 Å². The summed E-state index contributed by atoms with van der Waals surface area (Å²) in [6.07, 6.45) is 5.98. The van der Waals surface area contributed by atoms with E-state index in [0.29, 0.717) is 48.8 Å².